The fraction of sp³-hybridized carbons (Fsp3) is 0.364. The Hall–Kier alpha value is -2.28. The molecule has 2 aliphatic rings. The maximum atomic E-state index is 11.8. The van der Waals surface area contributed by atoms with E-state index in [-0.39, 0.29) is 65.6 Å². The van der Waals surface area contributed by atoms with E-state index < -0.39 is 50.9 Å². The van der Waals surface area contributed by atoms with E-state index in [1.54, 1.807) is 0 Å². The first-order chi connectivity index (χ1) is 20.8. The van der Waals surface area contributed by atoms with Crippen LogP contribution in [0.4, 0.5) is 0 Å². The standard InChI is InChI=1S/C22H22O16S6/c23-17(24)9(18(25)26)21-40-13-11(35-5-1-3-7-39-38-37-31)14-16(43-22(41-14)10(19(27)28)20(29)30)12(15(13)42-21)36-6-2-4-8-44(32,33)34/h31H,1-8H2,(H,23,24)(H,25,26)(H,27,28)(H,29,30)(H,32,33,34). The van der Waals surface area contributed by atoms with Crippen LogP contribution in [0.1, 0.15) is 25.7 Å². The Morgan fingerprint density at radius 3 is 1.39 bits per heavy atom. The fourth-order valence-corrected chi connectivity index (χ4v) is 10.0. The summed E-state index contributed by atoms with van der Waals surface area (Å²) < 4.78 is 47.2. The molecule has 0 saturated carbocycles. The molecule has 16 nitrogen and oxygen atoms in total. The number of fused-ring (bicyclic) bond motifs is 2. The van der Waals surface area contributed by atoms with E-state index >= 15 is 0 Å². The number of hydrogen-bond acceptors (Lipinski definition) is 16. The number of benzene rings is 1. The Morgan fingerprint density at radius 1 is 0.659 bits per heavy atom. The Labute approximate surface area is 269 Å². The SMILES string of the molecule is O=C(O)C(C(=O)O)=C1Sc2c(OCCCCSOOO)c3c(c(OCCCCS(=O)(=O)O)c2S1)SC(=C(C(=O)O)C(=O)O)S3. The predicted octanol–water partition coefficient (Wildman–Crippen LogP) is 4.12. The van der Waals surface area contributed by atoms with Crippen molar-refractivity contribution in [3.63, 3.8) is 0 Å². The van der Waals surface area contributed by atoms with Crippen molar-refractivity contribution in [3.8, 4) is 11.5 Å². The van der Waals surface area contributed by atoms with Crippen LogP contribution in [-0.2, 0) is 38.7 Å². The molecule has 0 radical (unpaired) electrons. The van der Waals surface area contributed by atoms with Crippen molar-refractivity contribution in [1.82, 2.24) is 0 Å². The summed E-state index contributed by atoms with van der Waals surface area (Å²) in [7, 11) is -4.23. The van der Waals surface area contributed by atoms with Gasteiger partial charge in [-0.1, -0.05) is 52.1 Å². The first-order valence-corrected chi connectivity index (χ1v) is 17.7. The number of unbranched alkanes of at least 4 members (excludes halogenated alkanes) is 2. The summed E-state index contributed by atoms with van der Waals surface area (Å²) in [5.74, 6) is -6.73. The molecule has 3 rings (SSSR count). The summed E-state index contributed by atoms with van der Waals surface area (Å²) in [6.07, 6.45) is 1.11. The molecule has 22 heteroatoms. The summed E-state index contributed by atoms with van der Waals surface area (Å²) in [6.45, 7) is -0.0465. The number of carboxylic acids is 4. The minimum atomic E-state index is -4.23. The molecule has 0 amide bonds. The zero-order valence-electron chi connectivity index (χ0n) is 21.9. The summed E-state index contributed by atoms with van der Waals surface area (Å²) in [5, 5.41) is 49.9. The average Bonchev–Trinajstić information content (AvgIpc) is 3.52. The highest BCUT2D eigenvalue weighted by Gasteiger charge is 2.41. The fourth-order valence-electron chi connectivity index (χ4n) is 3.45. The van der Waals surface area contributed by atoms with Crippen molar-refractivity contribution >= 4 is 93.1 Å². The van der Waals surface area contributed by atoms with Crippen LogP contribution in [0.25, 0.3) is 0 Å². The van der Waals surface area contributed by atoms with Crippen LogP contribution in [0.15, 0.2) is 39.2 Å². The highest BCUT2D eigenvalue weighted by Crippen LogP contribution is 2.68. The molecule has 0 saturated heterocycles. The molecule has 0 unspecified atom stereocenters. The molecule has 6 N–H and O–H groups in total. The highest BCUT2D eigenvalue weighted by atomic mass is 32.2. The van der Waals surface area contributed by atoms with Crippen molar-refractivity contribution in [2.24, 2.45) is 0 Å². The zero-order chi connectivity index (χ0) is 32.6. The quantitative estimate of drug-likeness (QED) is 0.0181. The molecular weight excluding hydrogens is 713 g/mol. The van der Waals surface area contributed by atoms with Gasteiger partial charge in [-0.25, -0.2) is 24.4 Å². The maximum Gasteiger partial charge on any atom is 0.344 e. The van der Waals surface area contributed by atoms with Crippen molar-refractivity contribution < 1.29 is 76.7 Å². The zero-order valence-corrected chi connectivity index (χ0v) is 26.8. The van der Waals surface area contributed by atoms with Crippen LogP contribution in [0.5, 0.6) is 11.5 Å². The number of thioether (sulfide) groups is 4. The Balaban J connectivity index is 2.09. The van der Waals surface area contributed by atoms with Crippen molar-refractivity contribution in [2.45, 2.75) is 45.3 Å². The second-order valence-electron chi connectivity index (χ2n) is 8.29. The summed E-state index contributed by atoms with van der Waals surface area (Å²) >= 11 is 3.91. The summed E-state index contributed by atoms with van der Waals surface area (Å²) in [5.41, 5.74) is -1.83. The van der Waals surface area contributed by atoms with Crippen LogP contribution in [0, 0.1) is 0 Å². The molecule has 0 aliphatic carbocycles. The number of aliphatic carboxylic acids is 4. The minimum absolute atomic E-state index is 0.0165. The summed E-state index contributed by atoms with van der Waals surface area (Å²) in [4.78, 5) is 48.1. The van der Waals surface area contributed by atoms with E-state index in [9.17, 15) is 48.0 Å². The highest BCUT2D eigenvalue weighted by molar-refractivity contribution is 8.26. The first-order valence-electron chi connectivity index (χ1n) is 11.9. The number of rotatable bonds is 18. The lowest BCUT2D eigenvalue weighted by Crippen LogP contribution is -2.12. The molecule has 0 atom stereocenters. The van der Waals surface area contributed by atoms with Gasteiger partial charge in [-0.2, -0.15) is 8.42 Å². The van der Waals surface area contributed by atoms with Crippen LogP contribution in [-0.4, -0.2) is 87.3 Å². The lowest BCUT2D eigenvalue weighted by atomic mass is 10.3. The van der Waals surface area contributed by atoms with Gasteiger partial charge in [0.25, 0.3) is 10.1 Å². The van der Waals surface area contributed by atoms with Crippen LogP contribution in [0.3, 0.4) is 0 Å². The van der Waals surface area contributed by atoms with Crippen molar-refractivity contribution in [2.75, 3.05) is 24.7 Å². The Bertz CT molecular complexity index is 1390. The van der Waals surface area contributed by atoms with Crippen LogP contribution < -0.4 is 9.47 Å². The number of ether oxygens (including phenoxy) is 2. The Morgan fingerprint density at radius 2 is 1.05 bits per heavy atom. The molecular formula is C22H22O16S6. The predicted molar refractivity (Wildman–Crippen MR) is 158 cm³/mol. The van der Waals surface area contributed by atoms with Crippen molar-refractivity contribution in [3.05, 3.63) is 19.6 Å². The molecule has 1 aromatic carbocycles. The molecule has 0 spiro atoms. The molecule has 0 fully saturated rings. The third kappa shape index (κ3) is 9.37. The molecule has 0 bridgehead atoms. The van der Waals surface area contributed by atoms with Gasteiger partial charge in [0.1, 0.15) is 11.5 Å². The largest absolute Gasteiger partial charge is 0.491 e. The van der Waals surface area contributed by atoms with Gasteiger partial charge in [-0.05, 0) is 25.7 Å². The second kappa shape index (κ2) is 16.3. The molecule has 2 heterocycles. The monoisotopic (exact) mass is 734 g/mol. The van der Waals surface area contributed by atoms with Gasteiger partial charge in [0, 0.05) is 17.8 Å². The number of carboxylic acid groups (broad SMARTS) is 4. The molecule has 44 heavy (non-hydrogen) atoms. The third-order valence-electron chi connectivity index (χ3n) is 5.27. The maximum absolute atomic E-state index is 11.8. The van der Waals surface area contributed by atoms with E-state index in [1.807, 2.05) is 0 Å². The topological polar surface area (TPSA) is 261 Å². The van der Waals surface area contributed by atoms with E-state index in [0.717, 1.165) is 59.1 Å². The second-order valence-corrected chi connectivity index (χ2v) is 15.2. The van der Waals surface area contributed by atoms with E-state index in [1.165, 1.54) is 0 Å². The van der Waals surface area contributed by atoms with E-state index in [0.29, 0.717) is 18.6 Å². The minimum Gasteiger partial charge on any atom is -0.491 e. The number of hydrogen-bond donors (Lipinski definition) is 6. The molecule has 0 aromatic heterocycles. The number of carbonyl (C=O) groups is 4. The van der Waals surface area contributed by atoms with Gasteiger partial charge in [0.2, 0.25) is 0 Å². The van der Waals surface area contributed by atoms with Gasteiger partial charge in [0.15, 0.2) is 11.1 Å². The van der Waals surface area contributed by atoms with Crippen LogP contribution >= 0.6 is 59.1 Å². The molecule has 242 valence electrons. The van der Waals surface area contributed by atoms with Gasteiger partial charge in [-0.15, -0.1) is 4.33 Å². The lowest BCUT2D eigenvalue weighted by molar-refractivity contribution is -0.432. The van der Waals surface area contributed by atoms with E-state index in [4.69, 9.17) is 19.3 Å². The van der Waals surface area contributed by atoms with Crippen molar-refractivity contribution in [1.29, 1.82) is 0 Å². The van der Waals surface area contributed by atoms with Gasteiger partial charge in [-0.3, -0.25) is 4.55 Å². The summed E-state index contributed by atoms with van der Waals surface area (Å²) in [6, 6.07) is 0. The molecule has 2 aliphatic heterocycles. The normalized spacial score (nSPS) is 13.8. The van der Waals surface area contributed by atoms with Gasteiger partial charge >= 0.3 is 23.9 Å². The first kappa shape index (κ1) is 36.2. The molecule has 1 aromatic rings. The average molecular weight is 735 g/mol. The van der Waals surface area contributed by atoms with Gasteiger partial charge < -0.3 is 29.9 Å². The third-order valence-corrected chi connectivity index (χ3v) is 11.9. The lowest BCUT2D eigenvalue weighted by Gasteiger charge is -2.18. The van der Waals surface area contributed by atoms with Gasteiger partial charge in [0.05, 0.1) is 47.0 Å². The smallest absolute Gasteiger partial charge is 0.344 e. The van der Waals surface area contributed by atoms with E-state index in [2.05, 4.69) is 9.37 Å². The Kier molecular flexibility index (Phi) is 13.4. The van der Waals surface area contributed by atoms with Crippen LogP contribution in [0.2, 0.25) is 0 Å².